The van der Waals surface area contributed by atoms with E-state index >= 15 is 0 Å². The van der Waals surface area contributed by atoms with E-state index in [4.69, 9.17) is 8.83 Å². The molecule has 0 saturated carbocycles. The van der Waals surface area contributed by atoms with Gasteiger partial charge >= 0.3 is 0 Å². The smallest absolute Gasteiger partial charge is 0.147 e. The van der Waals surface area contributed by atoms with Crippen molar-refractivity contribution in [3.63, 3.8) is 0 Å². The minimum absolute atomic E-state index is 0.826. The Balaban J connectivity index is 1.19. The van der Waals surface area contributed by atoms with E-state index in [1.54, 1.807) is 0 Å². The first kappa shape index (κ1) is 26.9. The summed E-state index contributed by atoms with van der Waals surface area (Å²) < 4.78 is 15.5. The van der Waals surface area contributed by atoms with Crippen LogP contribution < -0.4 is 0 Å². The minimum atomic E-state index is 0.826. The van der Waals surface area contributed by atoms with Gasteiger partial charge in [-0.05, 0) is 74.1 Å². The fourth-order valence-corrected chi connectivity index (χ4v) is 9.24. The fourth-order valence-electron chi connectivity index (χ4n) is 8.02. The van der Waals surface area contributed by atoms with Crippen LogP contribution in [0.3, 0.4) is 0 Å². The Morgan fingerprint density at radius 2 is 1.06 bits per heavy atom. The van der Waals surface area contributed by atoms with Crippen LogP contribution in [-0.2, 0) is 0 Å². The number of hydrogen-bond acceptors (Lipinski definition) is 3. The monoisotopic (exact) mass is 642 g/mol. The Labute approximate surface area is 285 Å². The van der Waals surface area contributed by atoms with Gasteiger partial charge in [-0.15, -0.1) is 11.3 Å². The maximum Gasteiger partial charge on any atom is 0.147 e. The summed E-state index contributed by atoms with van der Waals surface area (Å²) in [4.78, 5) is 0. The lowest BCUT2D eigenvalue weighted by atomic mass is 9.85. The SMILES string of the molecule is c1ccc(-c2coc3ccc4c5ccc(-c6c7ccccc7c(-c7cccc8c7sc7ccccc78)c7ccccc67)cc5oc4c23)cc1. The number of fused-ring (bicyclic) bond motifs is 10. The summed E-state index contributed by atoms with van der Waals surface area (Å²) in [6, 6.07) is 54.6. The molecule has 8 aromatic carbocycles. The van der Waals surface area contributed by atoms with Crippen LogP contribution in [0.4, 0.5) is 0 Å². The van der Waals surface area contributed by atoms with Gasteiger partial charge in [0.15, 0.2) is 0 Å². The van der Waals surface area contributed by atoms with Crippen LogP contribution in [0, 0.1) is 0 Å². The van der Waals surface area contributed by atoms with E-state index in [1.165, 1.54) is 58.4 Å². The molecule has 228 valence electrons. The van der Waals surface area contributed by atoms with Crippen molar-refractivity contribution in [2.24, 2.45) is 0 Å². The van der Waals surface area contributed by atoms with Crippen molar-refractivity contribution in [2.45, 2.75) is 0 Å². The first-order valence-corrected chi connectivity index (χ1v) is 17.4. The second kappa shape index (κ2) is 10.2. The van der Waals surface area contributed by atoms with Gasteiger partial charge in [-0.1, -0.05) is 121 Å². The van der Waals surface area contributed by atoms with Gasteiger partial charge in [0.25, 0.3) is 0 Å². The van der Waals surface area contributed by atoms with Crippen LogP contribution in [0.15, 0.2) is 167 Å². The van der Waals surface area contributed by atoms with Gasteiger partial charge in [0.1, 0.15) is 16.7 Å². The van der Waals surface area contributed by atoms with Crippen LogP contribution in [0.1, 0.15) is 0 Å². The Kier molecular flexibility index (Phi) is 5.57. The van der Waals surface area contributed by atoms with Crippen LogP contribution in [0.25, 0.3) is 108 Å². The maximum atomic E-state index is 6.78. The summed E-state index contributed by atoms with van der Waals surface area (Å²) in [6.45, 7) is 0. The number of thiophene rings is 1. The molecule has 0 bridgehead atoms. The minimum Gasteiger partial charge on any atom is -0.464 e. The van der Waals surface area contributed by atoms with E-state index in [-0.39, 0.29) is 0 Å². The van der Waals surface area contributed by atoms with E-state index < -0.39 is 0 Å². The zero-order chi connectivity index (χ0) is 32.1. The van der Waals surface area contributed by atoms with Gasteiger partial charge in [-0.3, -0.25) is 0 Å². The largest absolute Gasteiger partial charge is 0.464 e. The molecule has 0 radical (unpaired) electrons. The third kappa shape index (κ3) is 3.82. The molecule has 3 aromatic heterocycles. The van der Waals surface area contributed by atoms with E-state index in [1.807, 2.05) is 23.7 Å². The molecular weight excluding hydrogens is 617 g/mol. The molecule has 11 aromatic rings. The average Bonchev–Trinajstić information content (AvgIpc) is 3.87. The summed E-state index contributed by atoms with van der Waals surface area (Å²) in [5.41, 5.74) is 9.63. The predicted octanol–water partition coefficient (Wildman–Crippen LogP) is 14.0. The van der Waals surface area contributed by atoms with Gasteiger partial charge in [0.05, 0.1) is 11.6 Å². The van der Waals surface area contributed by atoms with Crippen molar-refractivity contribution < 1.29 is 8.83 Å². The number of furan rings is 2. The third-order valence-corrected chi connectivity index (χ3v) is 11.4. The van der Waals surface area contributed by atoms with E-state index in [2.05, 4.69) is 146 Å². The normalized spacial score (nSPS) is 12.1. The van der Waals surface area contributed by atoms with Crippen molar-refractivity contribution in [1.29, 1.82) is 0 Å². The van der Waals surface area contributed by atoms with E-state index in [9.17, 15) is 0 Å². The highest BCUT2D eigenvalue weighted by Crippen LogP contribution is 2.48. The zero-order valence-corrected chi connectivity index (χ0v) is 27.1. The second-order valence-electron chi connectivity index (χ2n) is 12.8. The summed E-state index contributed by atoms with van der Waals surface area (Å²) in [7, 11) is 0. The molecule has 0 saturated heterocycles. The lowest BCUT2D eigenvalue weighted by Crippen LogP contribution is -1.91. The van der Waals surface area contributed by atoms with Gasteiger partial charge < -0.3 is 8.83 Å². The molecule has 2 nitrogen and oxygen atoms in total. The first-order chi connectivity index (χ1) is 24.3. The van der Waals surface area contributed by atoms with Crippen molar-refractivity contribution >= 4 is 86.0 Å². The first-order valence-electron chi connectivity index (χ1n) is 16.6. The molecule has 0 unspecified atom stereocenters. The summed E-state index contributed by atoms with van der Waals surface area (Å²) in [5, 5.41) is 10.8. The van der Waals surface area contributed by atoms with Crippen molar-refractivity contribution in [3.8, 4) is 33.4 Å². The third-order valence-electron chi connectivity index (χ3n) is 10.2. The van der Waals surface area contributed by atoms with Gasteiger partial charge in [-0.25, -0.2) is 0 Å². The van der Waals surface area contributed by atoms with Crippen LogP contribution in [-0.4, -0.2) is 0 Å². The lowest BCUT2D eigenvalue weighted by Gasteiger charge is -2.18. The van der Waals surface area contributed by atoms with Crippen molar-refractivity contribution in [2.75, 3.05) is 0 Å². The van der Waals surface area contributed by atoms with Crippen molar-refractivity contribution in [3.05, 3.63) is 158 Å². The molecular formula is C46H26O2S. The zero-order valence-electron chi connectivity index (χ0n) is 26.2. The Morgan fingerprint density at radius 1 is 0.408 bits per heavy atom. The molecule has 0 spiro atoms. The molecule has 0 N–H and O–H groups in total. The second-order valence-corrected chi connectivity index (χ2v) is 13.8. The van der Waals surface area contributed by atoms with Gasteiger partial charge in [0.2, 0.25) is 0 Å². The molecule has 3 heterocycles. The lowest BCUT2D eigenvalue weighted by molar-refractivity contribution is 0.616. The number of rotatable bonds is 3. The molecule has 11 rings (SSSR count). The standard InChI is InChI=1S/C46H26O2S/c1-2-11-27(12-3-1)38-26-47-39-24-23-35-29-22-21-28(25-40(29)48-45(35)44(38)39)42-31-14-4-6-16-33(31)43(34-17-7-5-15-32(34)42)37-19-10-18-36-30-13-8-9-20-41(30)49-46(36)37/h1-26H. The van der Waals surface area contributed by atoms with Crippen LogP contribution in [0.5, 0.6) is 0 Å². The molecule has 0 amide bonds. The topological polar surface area (TPSA) is 26.3 Å². The quantitative estimate of drug-likeness (QED) is 0.179. The Morgan fingerprint density at radius 3 is 1.84 bits per heavy atom. The van der Waals surface area contributed by atoms with Crippen LogP contribution >= 0.6 is 11.3 Å². The predicted molar refractivity (Wildman–Crippen MR) is 208 cm³/mol. The highest BCUT2D eigenvalue weighted by molar-refractivity contribution is 7.26. The molecule has 49 heavy (non-hydrogen) atoms. The number of benzene rings is 8. The molecule has 0 aliphatic rings. The highest BCUT2D eigenvalue weighted by atomic mass is 32.1. The molecule has 0 aliphatic carbocycles. The van der Waals surface area contributed by atoms with Crippen LogP contribution in [0.2, 0.25) is 0 Å². The summed E-state index contributed by atoms with van der Waals surface area (Å²) in [6.07, 6.45) is 1.84. The van der Waals surface area contributed by atoms with E-state index in [0.717, 1.165) is 49.6 Å². The molecule has 0 aliphatic heterocycles. The van der Waals surface area contributed by atoms with E-state index in [0.29, 0.717) is 0 Å². The highest BCUT2D eigenvalue weighted by Gasteiger charge is 2.21. The van der Waals surface area contributed by atoms with Gasteiger partial charge in [0, 0.05) is 42.1 Å². The molecule has 0 fully saturated rings. The Hall–Kier alpha value is -6.16. The molecule has 0 atom stereocenters. The molecule has 3 heteroatoms. The average molecular weight is 643 g/mol. The summed E-state index contributed by atoms with van der Waals surface area (Å²) in [5.74, 6) is 0. The Bertz CT molecular complexity index is 3050. The van der Waals surface area contributed by atoms with Crippen molar-refractivity contribution in [1.82, 2.24) is 0 Å². The summed E-state index contributed by atoms with van der Waals surface area (Å²) >= 11 is 1.89. The van der Waals surface area contributed by atoms with Gasteiger partial charge in [-0.2, -0.15) is 0 Å². The number of hydrogen-bond donors (Lipinski definition) is 0. The maximum absolute atomic E-state index is 6.78. The fraction of sp³-hybridized carbons (Fsp3) is 0.